The lowest BCUT2D eigenvalue weighted by molar-refractivity contribution is -0.118. The number of carbonyl (C=O) groups is 2. The summed E-state index contributed by atoms with van der Waals surface area (Å²) in [5.74, 6) is 1.17. The second-order valence-electron chi connectivity index (χ2n) is 7.67. The summed E-state index contributed by atoms with van der Waals surface area (Å²) >= 11 is 0. The summed E-state index contributed by atoms with van der Waals surface area (Å²) in [6, 6.07) is 6.73. The first-order chi connectivity index (χ1) is 16.5. The maximum absolute atomic E-state index is 12.3. The number of anilines is 2. The van der Waals surface area contributed by atoms with Gasteiger partial charge in [-0.15, -0.1) is 0 Å². The summed E-state index contributed by atoms with van der Waals surface area (Å²) < 4.78 is 17.8. The summed E-state index contributed by atoms with van der Waals surface area (Å²) in [6.07, 6.45) is 0.355. The fourth-order valence-corrected chi connectivity index (χ4v) is 3.58. The maximum Gasteiger partial charge on any atom is 0.416 e. The van der Waals surface area contributed by atoms with Crippen LogP contribution in [0, 0.1) is 0 Å². The number of aromatic nitrogens is 4. The summed E-state index contributed by atoms with van der Waals surface area (Å²) in [5, 5.41) is 5.80. The van der Waals surface area contributed by atoms with Crippen LogP contribution in [0.4, 0.5) is 16.4 Å². The van der Waals surface area contributed by atoms with Crippen molar-refractivity contribution in [3.8, 4) is 11.6 Å². The fraction of sp³-hybridized carbons (Fsp3) is 0.333. The van der Waals surface area contributed by atoms with E-state index < -0.39 is 6.09 Å². The highest BCUT2D eigenvalue weighted by Gasteiger charge is 2.33. The number of hydrogen-bond donors (Lipinski definition) is 2. The van der Waals surface area contributed by atoms with E-state index in [0.29, 0.717) is 54.9 Å². The third-order valence-electron chi connectivity index (χ3n) is 5.30. The summed E-state index contributed by atoms with van der Waals surface area (Å²) in [6.45, 7) is 1.47. The van der Waals surface area contributed by atoms with Crippen molar-refractivity contribution >= 4 is 34.8 Å². The molecule has 13 nitrogen and oxygen atoms in total. The molecular weight excluding hydrogens is 446 g/mol. The van der Waals surface area contributed by atoms with Gasteiger partial charge in [0.25, 0.3) is 11.5 Å². The summed E-state index contributed by atoms with van der Waals surface area (Å²) in [5.41, 5.74) is 0.795. The molecule has 2 aliphatic rings. The second-order valence-corrected chi connectivity index (χ2v) is 7.67. The molecule has 1 saturated heterocycles. The number of rotatable bonds is 7. The molecule has 34 heavy (non-hydrogen) atoms. The summed E-state index contributed by atoms with van der Waals surface area (Å²) in [7, 11) is 1.63. The Bertz CT molecular complexity index is 1330. The molecule has 0 bridgehead atoms. The highest BCUT2D eigenvalue weighted by molar-refractivity contribution is 5.95. The van der Waals surface area contributed by atoms with Gasteiger partial charge in [-0.1, -0.05) is 0 Å². The molecule has 0 aromatic carbocycles. The Labute approximate surface area is 192 Å². The Morgan fingerprint density at radius 3 is 2.97 bits per heavy atom. The number of fused-ring (bicyclic) bond motifs is 2. The quantitative estimate of drug-likeness (QED) is 0.456. The van der Waals surface area contributed by atoms with E-state index in [4.69, 9.17) is 14.2 Å². The minimum absolute atomic E-state index is 0.0644. The number of pyridine rings is 2. The van der Waals surface area contributed by atoms with Crippen LogP contribution in [0.15, 0.2) is 35.3 Å². The van der Waals surface area contributed by atoms with Gasteiger partial charge in [0.05, 0.1) is 12.7 Å². The molecule has 0 radical (unpaired) electrons. The van der Waals surface area contributed by atoms with E-state index in [2.05, 4.69) is 25.6 Å². The Hall–Kier alpha value is -4.26. The number of aryl methyl sites for hydroxylation is 1. The molecule has 2 N–H and O–H groups in total. The molecule has 3 aromatic rings. The zero-order valence-corrected chi connectivity index (χ0v) is 18.2. The van der Waals surface area contributed by atoms with Crippen LogP contribution in [0.2, 0.25) is 0 Å². The smallest absolute Gasteiger partial charge is 0.416 e. The van der Waals surface area contributed by atoms with Crippen molar-refractivity contribution in [3.05, 3.63) is 40.8 Å². The van der Waals surface area contributed by atoms with Gasteiger partial charge in [-0.3, -0.25) is 19.1 Å². The van der Waals surface area contributed by atoms with E-state index in [1.165, 1.54) is 15.7 Å². The molecule has 3 aromatic heterocycles. The van der Waals surface area contributed by atoms with Crippen molar-refractivity contribution in [2.45, 2.75) is 6.10 Å². The van der Waals surface area contributed by atoms with Gasteiger partial charge in [-0.25, -0.2) is 14.8 Å². The molecule has 0 aliphatic carbocycles. The van der Waals surface area contributed by atoms with Gasteiger partial charge >= 0.3 is 6.09 Å². The Morgan fingerprint density at radius 2 is 2.09 bits per heavy atom. The number of amides is 2. The monoisotopic (exact) mass is 467 g/mol. The van der Waals surface area contributed by atoms with E-state index in [1.807, 2.05) is 0 Å². The zero-order valence-electron chi connectivity index (χ0n) is 18.2. The lowest BCUT2D eigenvalue weighted by Crippen LogP contribution is -2.33. The molecule has 0 spiro atoms. The van der Waals surface area contributed by atoms with Gasteiger partial charge < -0.3 is 24.8 Å². The van der Waals surface area contributed by atoms with Crippen LogP contribution in [0.3, 0.4) is 0 Å². The zero-order chi connectivity index (χ0) is 23.7. The fourth-order valence-electron chi connectivity index (χ4n) is 3.58. The molecule has 1 fully saturated rings. The van der Waals surface area contributed by atoms with Crippen LogP contribution in [0.25, 0.3) is 11.2 Å². The van der Waals surface area contributed by atoms with Crippen LogP contribution in [-0.2, 0) is 16.6 Å². The number of carbonyl (C=O) groups excluding carboxylic acids is 2. The lowest BCUT2D eigenvalue weighted by Gasteiger charge is -2.19. The van der Waals surface area contributed by atoms with Crippen molar-refractivity contribution in [1.29, 1.82) is 0 Å². The lowest BCUT2D eigenvalue weighted by atomic mass is 10.3. The highest BCUT2D eigenvalue weighted by atomic mass is 16.6. The molecule has 5 rings (SSSR count). The van der Waals surface area contributed by atoms with Crippen molar-refractivity contribution in [2.75, 3.05) is 43.1 Å². The van der Waals surface area contributed by atoms with Crippen molar-refractivity contribution in [3.63, 3.8) is 0 Å². The van der Waals surface area contributed by atoms with Crippen LogP contribution >= 0.6 is 0 Å². The minimum atomic E-state index is -0.516. The topological polar surface area (TPSA) is 150 Å². The van der Waals surface area contributed by atoms with Gasteiger partial charge in [-0.05, 0) is 18.2 Å². The minimum Gasteiger partial charge on any atom is -0.480 e. The van der Waals surface area contributed by atoms with E-state index in [-0.39, 0.29) is 30.0 Å². The van der Waals surface area contributed by atoms with Crippen LogP contribution in [-0.4, -0.2) is 70.5 Å². The SMILES string of the molecule is Cn1c(=O)cnc2ccc(OCCNCC3CN(c4ccc5c(n4)NC(=O)CO5)C(=O)O3)nc21. The third-order valence-corrected chi connectivity index (χ3v) is 5.30. The highest BCUT2D eigenvalue weighted by Crippen LogP contribution is 2.29. The van der Waals surface area contributed by atoms with E-state index >= 15 is 0 Å². The normalized spacial score (nSPS) is 17.2. The molecule has 13 heteroatoms. The largest absolute Gasteiger partial charge is 0.480 e. The van der Waals surface area contributed by atoms with E-state index in [1.54, 1.807) is 31.3 Å². The number of nitrogens with one attached hydrogen (secondary N) is 2. The maximum atomic E-state index is 12.3. The molecule has 1 unspecified atom stereocenters. The molecular formula is C21H21N7O6. The number of nitrogens with zero attached hydrogens (tertiary/aromatic N) is 5. The molecule has 5 heterocycles. The Balaban J connectivity index is 1.11. The van der Waals surface area contributed by atoms with Crippen LogP contribution in [0.1, 0.15) is 0 Å². The van der Waals surface area contributed by atoms with Gasteiger partial charge in [0, 0.05) is 26.2 Å². The van der Waals surface area contributed by atoms with Gasteiger partial charge in [-0.2, -0.15) is 4.98 Å². The first kappa shape index (κ1) is 21.6. The average molecular weight is 467 g/mol. The Kier molecular flexibility index (Phi) is 5.67. The van der Waals surface area contributed by atoms with Gasteiger partial charge in [0.1, 0.15) is 24.0 Å². The van der Waals surface area contributed by atoms with E-state index in [0.717, 1.165) is 0 Å². The standard InChI is InChI=1S/C21H21N7O6/c1-27-18(30)9-23-13-2-5-17(26-20(13)27)32-7-6-22-8-12-10-28(21(31)34-12)15-4-3-14-19(24-15)25-16(29)11-33-14/h2-5,9,12,22H,6-8,10-11H2,1H3,(H,24,25,29). The van der Waals surface area contributed by atoms with Crippen LogP contribution < -0.4 is 30.6 Å². The predicted octanol–water partition coefficient (Wildman–Crippen LogP) is 0.0482. The molecule has 176 valence electrons. The van der Waals surface area contributed by atoms with Crippen molar-refractivity contribution in [1.82, 2.24) is 24.8 Å². The number of ether oxygens (including phenoxy) is 3. The number of hydrogen-bond acceptors (Lipinski definition) is 10. The molecule has 2 amide bonds. The average Bonchev–Trinajstić information content (AvgIpc) is 3.21. The predicted molar refractivity (Wildman–Crippen MR) is 119 cm³/mol. The van der Waals surface area contributed by atoms with Gasteiger partial charge in [0.2, 0.25) is 5.88 Å². The summed E-state index contributed by atoms with van der Waals surface area (Å²) in [4.78, 5) is 49.6. The Morgan fingerprint density at radius 1 is 1.21 bits per heavy atom. The van der Waals surface area contributed by atoms with E-state index in [9.17, 15) is 14.4 Å². The second kappa shape index (κ2) is 8.94. The van der Waals surface area contributed by atoms with Gasteiger partial charge in [0.15, 0.2) is 23.8 Å². The third kappa shape index (κ3) is 4.32. The molecule has 1 atom stereocenters. The molecule has 2 aliphatic heterocycles. The van der Waals surface area contributed by atoms with Crippen LogP contribution in [0.5, 0.6) is 11.6 Å². The van der Waals surface area contributed by atoms with Crippen molar-refractivity contribution < 1.29 is 23.8 Å². The van der Waals surface area contributed by atoms with Crippen molar-refractivity contribution in [2.24, 2.45) is 7.05 Å². The first-order valence-corrected chi connectivity index (χ1v) is 10.6. The first-order valence-electron chi connectivity index (χ1n) is 10.6. The molecule has 0 saturated carbocycles. The number of cyclic esters (lactones) is 1.